The number of nitrogens with one attached hydrogen (secondary N) is 1. The minimum atomic E-state index is -0.0330. The van der Waals surface area contributed by atoms with Crippen molar-refractivity contribution in [1.82, 2.24) is 9.27 Å². The Labute approximate surface area is 145 Å². The second-order valence-electron chi connectivity index (χ2n) is 6.55. The third-order valence-electron chi connectivity index (χ3n) is 5.16. The minimum absolute atomic E-state index is 0.00838. The zero-order valence-electron chi connectivity index (χ0n) is 13.9. The van der Waals surface area contributed by atoms with E-state index in [4.69, 9.17) is 4.99 Å². The lowest BCUT2D eigenvalue weighted by atomic mass is 9.71. The molecule has 0 bridgehead atoms. The molecule has 2 aliphatic rings. The van der Waals surface area contributed by atoms with Crippen molar-refractivity contribution < 1.29 is 4.79 Å². The van der Waals surface area contributed by atoms with Crippen molar-refractivity contribution in [1.29, 1.82) is 0 Å². The molecule has 6 heteroatoms. The van der Waals surface area contributed by atoms with Crippen molar-refractivity contribution in [2.75, 3.05) is 18.4 Å². The Morgan fingerprint density at radius 2 is 2.00 bits per heavy atom. The first-order valence-corrected chi connectivity index (χ1v) is 9.00. The molecule has 24 heavy (non-hydrogen) atoms. The standard InChI is InChI=1S/C18H20N4OS/c1-12-11-16(24-21-12)20-17(23)22-9-7-18(8-10-22)13(2)19-15-6-4-3-5-14(15)18/h3-6,11H,7-10H2,1-2H3,(H,20,23). The number of aryl methyl sites for hydroxylation is 1. The molecule has 1 aromatic carbocycles. The van der Waals surface area contributed by atoms with Crippen LogP contribution in [0.2, 0.25) is 0 Å². The summed E-state index contributed by atoms with van der Waals surface area (Å²) in [4.78, 5) is 19.1. The molecule has 1 spiro atoms. The maximum absolute atomic E-state index is 12.5. The average molecular weight is 340 g/mol. The SMILES string of the molecule is CC1=Nc2ccccc2C12CCN(C(=O)Nc1cc(C)ns1)CC2. The van der Waals surface area contributed by atoms with E-state index in [1.54, 1.807) is 0 Å². The first-order chi connectivity index (χ1) is 11.6. The Morgan fingerprint density at radius 1 is 1.25 bits per heavy atom. The Balaban J connectivity index is 1.47. The predicted octanol–water partition coefficient (Wildman–Crippen LogP) is 4.12. The van der Waals surface area contributed by atoms with Crippen molar-refractivity contribution in [2.45, 2.75) is 32.1 Å². The molecule has 3 heterocycles. The van der Waals surface area contributed by atoms with E-state index >= 15 is 0 Å². The van der Waals surface area contributed by atoms with Crippen LogP contribution in [0.1, 0.15) is 31.0 Å². The Kier molecular flexibility index (Phi) is 3.64. The summed E-state index contributed by atoms with van der Waals surface area (Å²) in [6, 6.07) is 10.3. The van der Waals surface area contributed by atoms with Gasteiger partial charge in [-0.2, -0.15) is 4.37 Å². The van der Waals surface area contributed by atoms with Gasteiger partial charge in [0, 0.05) is 24.2 Å². The maximum atomic E-state index is 12.5. The topological polar surface area (TPSA) is 57.6 Å². The molecule has 124 valence electrons. The number of aliphatic imine (C=N–C) groups is 1. The molecule has 1 N–H and O–H groups in total. The van der Waals surface area contributed by atoms with Crippen LogP contribution in [0.25, 0.3) is 0 Å². The fraction of sp³-hybridized carbons (Fsp3) is 0.389. The zero-order chi connectivity index (χ0) is 16.7. The molecule has 1 saturated heterocycles. The summed E-state index contributed by atoms with van der Waals surface area (Å²) < 4.78 is 4.20. The molecule has 2 aliphatic heterocycles. The van der Waals surface area contributed by atoms with Crippen LogP contribution in [0.5, 0.6) is 0 Å². The van der Waals surface area contributed by atoms with E-state index in [1.807, 2.05) is 24.0 Å². The molecule has 0 atom stereocenters. The summed E-state index contributed by atoms with van der Waals surface area (Å²) in [5.74, 6) is 0. The molecule has 1 aromatic heterocycles. The molecule has 4 rings (SSSR count). The van der Waals surface area contributed by atoms with Crippen LogP contribution >= 0.6 is 11.5 Å². The number of para-hydroxylation sites is 1. The monoisotopic (exact) mass is 340 g/mol. The van der Waals surface area contributed by atoms with Gasteiger partial charge in [-0.05, 0) is 55.9 Å². The van der Waals surface area contributed by atoms with Crippen molar-refractivity contribution in [3.05, 3.63) is 41.6 Å². The number of hydrogen-bond donors (Lipinski definition) is 1. The fourth-order valence-electron chi connectivity index (χ4n) is 3.79. The lowest BCUT2D eigenvalue weighted by Gasteiger charge is -2.40. The van der Waals surface area contributed by atoms with E-state index in [2.05, 4.69) is 34.8 Å². The van der Waals surface area contributed by atoms with Gasteiger partial charge in [0.2, 0.25) is 0 Å². The van der Waals surface area contributed by atoms with Crippen molar-refractivity contribution in [3.8, 4) is 0 Å². The van der Waals surface area contributed by atoms with Crippen LogP contribution in [0.3, 0.4) is 0 Å². The lowest BCUT2D eigenvalue weighted by Crippen LogP contribution is -2.48. The summed E-state index contributed by atoms with van der Waals surface area (Å²) in [7, 11) is 0. The number of urea groups is 1. The molecule has 0 unspecified atom stereocenters. The van der Waals surface area contributed by atoms with Gasteiger partial charge in [0.05, 0.1) is 11.4 Å². The zero-order valence-corrected chi connectivity index (χ0v) is 14.7. The number of rotatable bonds is 1. The number of aromatic nitrogens is 1. The van der Waals surface area contributed by atoms with E-state index in [0.29, 0.717) is 0 Å². The molecule has 0 radical (unpaired) electrons. The smallest absolute Gasteiger partial charge is 0.322 e. The van der Waals surface area contributed by atoms with Gasteiger partial charge >= 0.3 is 6.03 Å². The van der Waals surface area contributed by atoms with E-state index in [9.17, 15) is 4.79 Å². The lowest BCUT2D eigenvalue weighted by molar-refractivity contribution is 0.186. The number of benzene rings is 1. The van der Waals surface area contributed by atoms with E-state index in [-0.39, 0.29) is 11.4 Å². The minimum Gasteiger partial charge on any atom is -0.324 e. The van der Waals surface area contributed by atoms with Gasteiger partial charge in [-0.1, -0.05) is 18.2 Å². The van der Waals surface area contributed by atoms with E-state index in [1.165, 1.54) is 22.8 Å². The van der Waals surface area contributed by atoms with Gasteiger partial charge in [-0.15, -0.1) is 0 Å². The normalized spacial score (nSPS) is 18.4. The molecule has 2 aromatic rings. The van der Waals surface area contributed by atoms with E-state index < -0.39 is 0 Å². The number of anilines is 1. The highest BCUT2D eigenvalue weighted by Crippen LogP contribution is 2.46. The van der Waals surface area contributed by atoms with Crippen molar-refractivity contribution in [3.63, 3.8) is 0 Å². The average Bonchev–Trinajstić information content (AvgIpc) is 3.10. The number of amides is 2. The molecule has 0 aliphatic carbocycles. The first kappa shape index (κ1) is 15.3. The number of hydrogen-bond acceptors (Lipinski definition) is 4. The van der Waals surface area contributed by atoms with Gasteiger partial charge < -0.3 is 4.90 Å². The first-order valence-electron chi connectivity index (χ1n) is 8.23. The van der Waals surface area contributed by atoms with Crippen LogP contribution in [-0.4, -0.2) is 34.1 Å². The second-order valence-corrected chi connectivity index (χ2v) is 7.35. The summed E-state index contributed by atoms with van der Waals surface area (Å²) in [5.41, 5.74) is 4.53. The quantitative estimate of drug-likeness (QED) is 0.849. The summed E-state index contributed by atoms with van der Waals surface area (Å²) >= 11 is 1.32. The Morgan fingerprint density at radius 3 is 2.71 bits per heavy atom. The summed E-state index contributed by atoms with van der Waals surface area (Å²) in [6.07, 6.45) is 1.85. The highest BCUT2D eigenvalue weighted by molar-refractivity contribution is 7.10. The Bertz CT molecular complexity index is 818. The maximum Gasteiger partial charge on any atom is 0.322 e. The van der Waals surface area contributed by atoms with Crippen LogP contribution in [0, 0.1) is 6.92 Å². The predicted molar refractivity (Wildman–Crippen MR) is 97.6 cm³/mol. The summed E-state index contributed by atoms with van der Waals surface area (Å²) in [6.45, 7) is 5.53. The van der Waals surface area contributed by atoms with Crippen molar-refractivity contribution in [2.24, 2.45) is 4.99 Å². The highest BCUT2D eigenvalue weighted by atomic mass is 32.1. The molecule has 5 nitrogen and oxygen atoms in total. The molecule has 1 fully saturated rings. The Hall–Kier alpha value is -2.21. The number of nitrogens with zero attached hydrogens (tertiary/aromatic N) is 3. The molecular formula is C18H20N4OS. The van der Waals surface area contributed by atoms with Crippen LogP contribution in [0.15, 0.2) is 35.3 Å². The highest BCUT2D eigenvalue weighted by Gasteiger charge is 2.44. The third kappa shape index (κ3) is 2.41. The number of fused-ring (bicyclic) bond motifs is 2. The van der Waals surface area contributed by atoms with Gasteiger partial charge in [0.25, 0.3) is 0 Å². The fourth-order valence-corrected chi connectivity index (χ4v) is 4.44. The summed E-state index contributed by atoms with van der Waals surface area (Å²) in [5, 5.41) is 3.76. The number of likely N-dealkylation sites (tertiary alicyclic amines) is 1. The molecular weight excluding hydrogens is 320 g/mol. The van der Waals surface area contributed by atoms with E-state index in [0.717, 1.165) is 42.3 Å². The van der Waals surface area contributed by atoms with Gasteiger partial charge in [-0.25, -0.2) is 4.79 Å². The van der Waals surface area contributed by atoms with Gasteiger partial charge in [0.15, 0.2) is 0 Å². The largest absolute Gasteiger partial charge is 0.324 e. The number of piperidine rings is 1. The number of carbonyl (C=O) groups is 1. The van der Waals surface area contributed by atoms with Crippen LogP contribution in [-0.2, 0) is 5.41 Å². The third-order valence-corrected chi connectivity index (χ3v) is 5.96. The second kappa shape index (κ2) is 5.70. The number of carbonyl (C=O) groups excluding carboxylic acids is 1. The molecule has 2 amide bonds. The van der Waals surface area contributed by atoms with Crippen LogP contribution < -0.4 is 5.32 Å². The van der Waals surface area contributed by atoms with Gasteiger partial charge in [0.1, 0.15) is 5.00 Å². The van der Waals surface area contributed by atoms with Gasteiger partial charge in [-0.3, -0.25) is 10.3 Å². The van der Waals surface area contributed by atoms with Crippen molar-refractivity contribution >= 4 is 34.0 Å². The molecule has 0 saturated carbocycles. The van der Waals surface area contributed by atoms with Crippen LogP contribution in [0.4, 0.5) is 15.5 Å².